The Kier molecular flexibility index (Phi) is 11.8. The normalized spacial score (nSPS) is 12.0. The van der Waals surface area contributed by atoms with Gasteiger partial charge in [0.2, 0.25) is 0 Å². The third-order valence-electron chi connectivity index (χ3n) is 3.39. The lowest BCUT2D eigenvalue weighted by Crippen LogP contribution is -2.41. The maximum absolute atomic E-state index is 5.52. The van der Waals surface area contributed by atoms with Crippen molar-refractivity contribution >= 4 is 0 Å². The van der Waals surface area contributed by atoms with E-state index in [1.807, 2.05) is 0 Å². The van der Waals surface area contributed by atoms with Crippen molar-refractivity contribution in [2.24, 2.45) is 11.5 Å². The summed E-state index contributed by atoms with van der Waals surface area (Å²) in [6.07, 6.45) is 7.33. The number of unbranched alkanes of at least 4 members (excludes halogenated alkanes) is 3. The Morgan fingerprint density at radius 1 is 0.722 bits per heavy atom. The van der Waals surface area contributed by atoms with E-state index < -0.39 is 0 Å². The fourth-order valence-corrected chi connectivity index (χ4v) is 2.11. The molecule has 0 atom stereocenters. The van der Waals surface area contributed by atoms with Crippen LogP contribution in [0.4, 0.5) is 0 Å². The summed E-state index contributed by atoms with van der Waals surface area (Å²) >= 11 is 0. The summed E-state index contributed by atoms with van der Waals surface area (Å²) in [4.78, 5) is 0. The van der Waals surface area contributed by atoms with Crippen LogP contribution in [0.3, 0.4) is 0 Å². The van der Waals surface area contributed by atoms with Gasteiger partial charge in [0.15, 0.2) is 0 Å². The molecule has 0 heterocycles. The molecule has 18 heavy (non-hydrogen) atoms. The molecule has 110 valence electrons. The zero-order valence-electron chi connectivity index (χ0n) is 12.6. The second-order valence-corrected chi connectivity index (χ2v) is 5.83. The fourth-order valence-electron chi connectivity index (χ4n) is 2.11. The van der Waals surface area contributed by atoms with Crippen molar-refractivity contribution in [2.45, 2.75) is 38.5 Å². The van der Waals surface area contributed by atoms with Crippen LogP contribution in [0.15, 0.2) is 0 Å². The first kappa shape index (κ1) is 17.8. The molecule has 0 aromatic heterocycles. The van der Waals surface area contributed by atoms with Crippen LogP contribution >= 0.6 is 0 Å². The lowest BCUT2D eigenvalue weighted by molar-refractivity contribution is -0.890. The van der Waals surface area contributed by atoms with Crippen molar-refractivity contribution in [1.82, 2.24) is 5.32 Å². The highest BCUT2D eigenvalue weighted by molar-refractivity contribution is 4.50. The number of nitrogens with zero attached hydrogens (tertiary/aromatic N) is 1. The van der Waals surface area contributed by atoms with Gasteiger partial charge < -0.3 is 21.3 Å². The Balaban J connectivity index is 3.30. The van der Waals surface area contributed by atoms with Gasteiger partial charge in [0, 0.05) is 0 Å². The van der Waals surface area contributed by atoms with Gasteiger partial charge >= 0.3 is 0 Å². The Morgan fingerprint density at radius 3 is 1.72 bits per heavy atom. The molecule has 0 aliphatic heterocycles. The number of quaternary nitrogens is 1. The Hall–Kier alpha value is -0.160. The van der Waals surface area contributed by atoms with Gasteiger partial charge in [-0.05, 0) is 64.7 Å². The fraction of sp³-hybridized carbons (Fsp3) is 1.00. The minimum Gasteiger partial charge on any atom is -0.330 e. The maximum atomic E-state index is 5.52. The predicted molar refractivity (Wildman–Crippen MR) is 80.5 cm³/mol. The smallest absolute Gasteiger partial charge is 0.0782 e. The van der Waals surface area contributed by atoms with E-state index in [1.165, 1.54) is 38.8 Å². The molecule has 0 amide bonds. The molecule has 0 aliphatic rings. The van der Waals surface area contributed by atoms with Crippen LogP contribution in [0.2, 0.25) is 0 Å². The highest BCUT2D eigenvalue weighted by atomic mass is 15.3. The Labute approximate surface area is 114 Å². The molecule has 0 aromatic rings. The van der Waals surface area contributed by atoms with Crippen LogP contribution in [0, 0.1) is 0 Å². The van der Waals surface area contributed by atoms with Crippen LogP contribution in [-0.2, 0) is 0 Å². The van der Waals surface area contributed by atoms with Gasteiger partial charge in [-0.25, -0.2) is 0 Å². The summed E-state index contributed by atoms with van der Waals surface area (Å²) in [6, 6.07) is 0. The monoisotopic (exact) mass is 259 g/mol. The molecule has 0 rings (SSSR count). The molecular weight excluding hydrogens is 224 g/mol. The van der Waals surface area contributed by atoms with Gasteiger partial charge in [-0.15, -0.1) is 0 Å². The number of hydrogen-bond acceptors (Lipinski definition) is 3. The quantitative estimate of drug-likeness (QED) is 0.340. The van der Waals surface area contributed by atoms with Crippen LogP contribution in [0.5, 0.6) is 0 Å². The number of nitrogens with one attached hydrogen (secondary N) is 1. The molecule has 0 aromatic carbocycles. The van der Waals surface area contributed by atoms with Gasteiger partial charge in [0.1, 0.15) is 0 Å². The standard InChI is InChI=1S/C14H35N4/c1-18(2,13-7-4-10-16)14-8-6-12-17-11-5-3-9-15/h17H,3-16H2,1-2H3/q+1. The first-order chi connectivity index (χ1) is 8.62. The summed E-state index contributed by atoms with van der Waals surface area (Å²) in [6.45, 7) is 6.43. The van der Waals surface area contributed by atoms with Crippen molar-refractivity contribution in [3.63, 3.8) is 0 Å². The highest BCUT2D eigenvalue weighted by Gasteiger charge is 2.13. The summed E-state index contributed by atoms with van der Waals surface area (Å²) < 4.78 is 1.13. The largest absolute Gasteiger partial charge is 0.330 e. The van der Waals surface area contributed by atoms with Crippen LogP contribution < -0.4 is 16.8 Å². The average Bonchev–Trinajstić information content (AvgIpc) is 2.33. The lowest BCUT2D eigenvalue weighted by Gasteiger charge is -2.29. The van der Waals surface area contributed by atoms with E-state index in [9.17, 15) is 0 Å². The van der Waals surface area contributed by atoms with Gasteiger partial charge in [0.05, 0.1) is 27.2 Å². The van der Waals surface area contributed by atoms with Gasteiger partial charge in [-0.2, -0.15) is 0 Å². The molecule has 0 saturated carbocycles. The SMILES string of the molecule is C[N+](C)(CCCCN)CCCCNCCCCN. The first-order valence-corrected chi connectivity index (χ1v) is 7.55. The molecule has 0 unspecified atom stereocenters. The van der Waals surface area contributed by atoms with Gasteiger partial charge in [0.25, 0.3) is 0 Å². The Bertz CT molecular complexity index is 171. The molecule has 0 aliphatic carbocycles. The topological polar surface area (TPSA) is 64.1 Å². The van der Waals surface area contributed by atoms with E-state index in [-0.39, 0.29) is 0 Å². The average molecular weight is 259 g/mol. The van der Waals surface area contributed by atoms with E-state index in [4.69, 9.17) is 11.5 Å². The van der Waals surface area contributed by atoms with Crippen molar-refractivity contribution in [3.8, 4) is 0 Å². The molecular formula is C14H35N4+. The van der Waals surface area contributed by atoms with E-state index in [2.05, 4.69) is 19.4 Å². The first-order valence-electron chi connectivity index (χ1n) is 7.55. The summed E-state index contributed by atoms with van der Waals surface area (Å²) in [7, 11) is 4.65. The molecule has 5 N–H and O–H groups in total. The highest BCUT2D eigenvalue weighted by Crippen LogP contribution is 2.04. The molecule has 4 nitrogen and oxygen atoms in total. The third kappa shape index (κ3) is 12.3. The number of hydrogen-bond donors (Lipinski definition) is 3. The molecule has 0 fully saturated rings. The van der Waals surface area contributed by atoms with E-state index in [0.717, 1.165) is 43.5 Å². The molecule has 4 heteroatoms. The summed E-state index contributed by atoms with van der Waals surface area (Å²) in [5, 5.41) is 3.48. The van der Waals surface area contributed by atoms with E-state index in [1.54, 1.807) is 0 Å². The molecule has 0 radical (unpaired) electrons. The minimum atomic E-state index is 0.816. The van der Waals surface area contributed by atoms with Crippen molar-refractivity contribution in [3.05, 3.63) is 0 Å². The molecule has 0 spiro atoms. The zero-order valence-corrected chi connectivity index (χ0v) is 12.6. The van der Waals surface area contributed by atoms with Crippen molar-refractivity contribution in [2.75, 3.05) is 53.4 Å². The van der Waals surface area contributed by atoms with Crippen LogP contribution in [0.25, 0.3) is 0 Å². The Morgan fingerprint density at radius 2 is 1.17 bits per heavy atom. The molecule has 0 bridgehead atoms. The van der Waals surface area contributed by atoms with Crippen molar-refractivity contribution in [1.29, 1.82) is 0 Å². The predicted octanol–water partition coefficient (Wildman–Crippen LogP) is 0.910. The minimum absolute atomic E-state index is 0.816. The van der Waals surface area contributed by atoms with Crippen LogP contribution in [-0.4, -0.2) is 57.8 Å². The van der Waals surface area contributed by atoms with Crippen molar-refractivity contribution < 1.29 is 4.48 Å². The zero-order chi connectivity index (χ0) is 13.7. The molecule has 0 saturated heterocycles. The van der Waals surface area contributed by atoms with E-state index >= 15 is 0 Å². The van der Waals surface area contributed by atoms with Gasteiger partial charge in [-0.3, -0.25) is 0 Å². The van der Waals surface area contributed by atoms with E-state index in [0.29, 0.717) is 0 Å². The maximum Gasteiger partial charge on any atom is 0.0782 e. The summed E-state index contributed by atoms with van der Waals surface area (Å²) in [5.74, 6) is 0. The second-order valence-electron chi connectivity index (χ2n) is 5.83. The second kappa shape index (κ2) is 11.9. The lowest BCUT2D eigenvalue weighted by atomic mass is 10.2. The van der Waals surface area contributed by atoms with Crippen LogP contribution in [0.1, 0.15) is 38.5 Å². The summed E-state index contributed by atoms with van der Waals surface area (Å²) in [5.41, 5.74) is 11.0. The number of rotatable bonds is 13. The third-order valence-corrected chi connectivity index (χ3v) is 3.39. The number of nitrogens with two attached hydrogens (primary N) is 2. The van der Waals surface area contributed by atoms with Gasteiger partial charge in [-0.1, -0.05) is 0 Å².